The number of hydrogen-bond donors (Lipinski definition) is 2. The summed E-state index contributed by atoms with van der Waals surface area (Å²) >= 11 is 11.9. The van der Waals surface area contributed by atoms with E-state index in [-0.39, 0.29) is 5.88 Å². The minimum atomic E-state index is 0.217. The van der Waals surface area contributed by atoms with Crippen LogP contribution in [0.3, 0.4) is 0 Å². The molecule has 3 N–H and O–H groups in total. The summed E-state index contributed by atoms with van der Waals surface area (Å²) in [6.07, 6.45) is 3.34. The molecular formula is C12H8Cl2N4O. The molecule has 5 nitrogen and oxygen atoms in total. The molecule has 0 saturated heterocycles. The standard InChI is InChI=1S/C12H8Cl2N4O/c13-8-2-1-6(3-9(8)14)10-11(18-19-12(10)15)7-4-16-17-5-7/h1-5H,15H2,(H,16,17). The lowest BCUT2D eigenvalue weighted by molar-refractivity contribution is 0.439. The third-order valence-electron chi connectivity index (χ3n) is 2.70. The molecule has 0 aliphatic carbocycles. The van der Waals surface area contributed by atoms with Crippen molar-refractivity contribution in [2.45, 2.75) is 0 Å². The zero-order valence-corrected chi connectivity index (χ0v) is 11.0. The Morgan fingerprint density at radius 3 is 2.68 bits per heavy atom. The molecule has 0 saturated carbocycles. The Labute approximate surface area is 118 Å². The zero-order chi connectivity index (χ0) is 13.4. The summed E-state index contributed by atoms with van der Waals surface area (Å²) in [4.78, 5) is 0. The summed E-state index contributed by atoms with van der Waals surface area (Å²) in [6.45, 7) is 0. The Hall–Kier alpha value is -1.98. The maximum atomic E-state index is 6.02. The predicted octanol–water partition coefficient (Wildman–Crippen LogP) is 3.62. The smallest absolute Gasteiger partial charge is 0.230 e. The van der Waals surface area contributed by atoms with Gasteiger partial charge in [0.15, 0.2) is 0 Å². The van der Waals surface area contributed by atoms with Crippen LogP contribution in [0.1, 0.15) is 0 Å². The summed E-state index contributed by atoms with van der Waals surface area (Å²) in [5, 5.41) is 11.5. The lowest BCUT2D eigenvalue weighted by Gasteiger charge is -2.03. The van der Waals surface area contributed by atoms with Crippen LogP contribution < -0.4 is 5.73 Å². The first-order chi connectivity index (χ1) is 9.16. The number of nitrogens with zero attached hydrogens (tertiary/aromatic N) is 2. The van der Waals surface area contributed by atoms with Gasteiger partial charge in [0, 0.05) is 11.8 Å². The van der Waals surface area contributed by atoms with Crippen molar-refractivity contribution in [3.63, 3.8) is 0 Å². The van der Waals surface area contributed by atoms with Crippen LogP contribution in [0.5, 0.6) is 0 Å². The average molecular weight is 295 g/mol. The maximum absolute atomic E-state index is 6.02. The highest BCUT2D eigenvalue weighted by molar-refractivity contribution is 6.42. The van der Waals surface area contributed by atoms with Crippen LogP contribution >= 0.6 is 23.2 Å². The second-order valence-corrected chi connectivity index (χ2v) is 4.70. The van der Waals surface area contributed by atoms with Gasteiger partial charge in [-0.3, -0.25) is 5.10 Å². The fourth-order valence-corrected chi connectivity index (χ4v) is 2.11. The molecule has 0 spiro atoms. The van der Waals surface area contributed by atoms with Crippen LogP contribution in [0.15, 0.2) is 35.1 Å². The molecule has 0 radical (unpaired) electrons. The largest absolute Gasteiger partial charge is 0.367 e. The average Bonchev–Trinajstić information content (AvgIpc) is 3.01. The van der Waals surface area contributed by atoms with Gasteiger partial charge in [0.25, 0.3) is 0 Å². The van der Waals surface area contributed by atoms with E-state index in [9.17, 15) is 0 Å². The Balaban J connectivity index is 2.19. The highest BCUT2D eigenvalue weighted by Crippen LogP contribution is 2.38. The first-order valence-corrected chi connectivity index (χ1v) is 6.12. The van der Waals surface area contributed by atoms with Crippen molar-refractivity contribution in [2.24, 2.45) is 0 Å². The van der Waals surface area contributed by atoms with Gasteiger partial charge < -0.3 is 10.3 Å². The molecular weight excluding hydrogens is 287 g/mol. The van der Waals surface area contributed by atoms with Gasteiger partial charge in [0.1, 0.15) is 5.69 Å². The molecule has 2 aromatic heterocycles. The first-order valence-electron chi connectivity index (χ1n) is 5.36. The van der Waals surface area contributed by atoms with Crippen molar-refractivity contribution in [2.75, 3.05) is 5.73 Å². The van der Waals surface area contributed by atoms with Crippen LogP contribution in [-0.2, 0) is 0 Å². The van der Waals surface area contributed by atoms with Crippen molar-refractivity contribution in [3.05, 3.63) is 40.6 Å². The lowest BCUT2D eigenvalue weighted by Crippen LogP contribution is -1.87. The van der Waals surface area contributed by atoms with E-state index in [0.717, 1.165) is 11.1 Å². The van der Waals surface area contributed by atoms with E-state index in [4.69, 9.17) is 33.5 Å². The van der Waals surface area contributed by atoms with E-state index in [1.807, 2.05) is 0 Å². The molecule has 96 valence electrons. The third-order valence-corrected chi connectivity index (χ3v) is 3.44. The van der Waals surface area contributed by atoms with Crippen LogP contribution in [0.25, 0.3) is 22.4 Å². The van der Waals surface area contributed by atoms with Gasteiger partial charge in [-0.1, -0.05) is 34.4 Å². The highest BCUT2D eigenvalue weighted by Gasteiger charge is 2.18. The second kappa shape index (κ2) is 4.60. The summed E-state index contributed by atoms with van der Waals surface area (Å²) in [7, 11) is 0. The van der Waals surface area contributed by atoms with Gasteiger partial charge in [-0.15, -0.1) is 0 Å². The van der Waals surface area contributed by atoms with Gasteiger partial charge >= 0.3 is 0 Å². The SMILES string of the molecule is Nc1onc(-c2cn[nH]c2)c1-c1ccc(Cl)c(Cl)c1. The van der Waals surface area contributed by atoms with E-state index < -0.39 is 0 Å². The fourth-order valence-electron chi connectivity index (χ4n) is 1.81. The number of rotatable bonds is 2. The molecule has 3 aromatic rings. The quantitative estimate of drug-likeness (QED) is 0.756. The molecule has 0 fully saturated rings. The van der Waals surface area contributed by atoms with E-state index in [1.54, 1.807) is 30.6 Å². The third kappa shape index (κ3) is 2.07. The van der Waals surface area contributed by atoms with E-state index in [1.165, 1.54) is 0 Å². The molecule has 0 atom stereocenters. The molecule has 7 heteroatoms. The molecule has 0 bridgehead atoms. The maximum Gasteiger partial charge on any atom is 0.230 e. The van der Waals surface area contributed by atoms with E-state index in [2.05, 4.69) is 15.4 Å². The summed E-state index contributed by atoms with van der Waals surface area (Å²) in [6, 6.07) is 5.22. The molecule has 2 heterocycles. The Morgan fingerprint density at radius 2 is 2.00 bits per heavy atom. The zero-order valence-electron chi connectivity index (χ0n) is 9.52. The first kappa shape index (κ1) is 12.1. The number of hydrogen-bond acceptors (Lipinski definition) is 4. The predicted molar refractivity (Wildman–Crippen MR) is 74.0 cm³/mol. The number of nitrogens with two attached hydrogens (primary N) is 1. The number of aromatic nitrogens is 3. The number of anilines is 1. The lowest BCUT2D eigenvalue weighted by atomic mass is 10.0. The van der Waals surface area contributed by atoms with Crippen molar-refractivity contribution >= 4 is 29.1 Å². The number of benzene rings is 1. The summed E-state index contributed by atoms with van der Waals surface area (Å²) < 4.78 is 5.05. The molecule has 19 heavy (non-hydrogen) atoms. The molecule has 3 rings (SSSR count). The molecule has 0 aliphatic heterocycles. The van der Waals surface area contributed by atoms with Gasteiger partial charge in [0.2, 0.25) is 5.88 Å². The number of nitrogens with one attached hydrogen (secondary N) is 1. The van der Waals surface area contributed by atoms with Crippen LogP contribution in [0.2, 0.25) is 10.0 Å². The van der Waals surface area contributed by atoms with Crippen LogP contribution in [-0.4, -0.2) is 15.4 Å². The van der Waals surface area contributed by atoms with Crippen LogP contribution in [0, 0.1) is 0 Å². The van der Waals surface area contributed by atoms with E-state index in [0.29, 0.717) is 21.3 Å². The number of nitrogen functional groups attached to an aromatic ring is 1. The van der Waals surface area contributed by atoms with Crippen molar-refractivity contribution in [1.82, 2.24) is 15.4 Å². The normalized spacial score (nSPS) is 10.8. The van der Waals surface area contributed by atoms with Gasteiger partial charge in [0.05, 0.1) is 21.8 Å². The Morgan fingerprint density at radius 1 is 1.16 bits per heavy atom. The summed E-state index contributed by atoms with van der Waals surface area (Å²) in [5.74, 6) is 0.217. The topological polar surface area (TPSA) is 80.7 Å². The minimum Gasteiger partial charge on any atom is -0.367 e. The minimum absolute atomic E-state index is 0.217. The van der Waals surface area contributed by atoms with Gasteiger partial charge in [-0.25, -0.2) is 0 Å². The Bertz CT molecular complexity index is 721. The second-order valence-electron chi connectivity index (χ2n) is 3.89. The number of aromatic amines is 1. The van der Waals surface area contributed by atoms with Crippen molar-refractivity contribution in [3.8, 4) is 22.4 Å². The van der Waals surface area contributed by atoms with Crippen molar-refractivity contribution in [1.29, 1.82) is 0 Å². The summed E-state index contributed by atoms with van der Waals surface area (Å²) in [5.41, 5.74) is 8.66. The van der Waals surface area contributed by atoms with Crippen molar-refractivity contribution < 1.29 is 4.52 Å². The fraction of sp³-hybridized carbons (Fsp3) is 0. The van der Waals surface area contributed by atoms with E-state index >= 15 is 0 Å². The van der Waals surface area contributed by atoms with Crippen LogP contribution in [0.4, 0.5) is 5.88 Å². The number of halogens is 2. The highest BCUT2D eigenvalue weighted by atomic mass is 35.5. The molecule has 0 aliphatic rings. The molecule has 0 unspecified atom stereocenters. The van der Waals surface area contributed by atoms with Gasteiger partial charge in [-0.05, 0) is 17.7 Å². The molecule has 1 aromatic carbocycles. The monoisotopic (exact) mass is 294 g/mol. The molecule has 0 amide bonds. The van der Waals surface area contributed by atoms with Gasteiger partial charge in [-0.2, -0.15) is 5.10 Å². The number of H-pyrrole nitrogens is 1. The Kier molecular flexibility index (Phi) is 2.93.